The Balaban J connectivity index is 2.18. The summed E-state index contributed by atoms with van der Waals surface area (Å²) < 4.78 is 1.95. The Morgan fingerprint density at radius 2 is 2.55 bits per heavy atom. The minimum Gasteiger partial charge on any atom is -0.338 e. The predicted octanol–water partition coefficient (Wildman–Crippen LogP) is 1.58. The zero-order valence-corrected chi connectivity index (χ0v) is 6.09. The third-order valence-corrected chi connectivity index (χ3v) is 1.30. The van der Waals surface area contributed by atoms with E-state index < -0.39 is 0 Å². The number of aryl methyl sites for hydroxylation is 1. The standard InChI is InChI=1S/C6H9N5/c7-10-9-2-1-4-11-5-3-8-6-11/h3,5-6H,1-2,4H2. The number of aromatic nitrogens is 2. The van der Waals surface area contributed by atoms with Gasteiger partial charge in [-0.05, 0) is 12.0 Å². The molecule has 0 unspecified atom stereocenters. The summed E-state index contributed by atoms with van der Waals surface area (Å²) >= 11 is 0. The number of nitrogens with zero attached hydrogens (tertiary/aromatic N) is 5. The zero-order valence-electron chi connectivity index (χ0n) is 6.09. The molecule has 5 heteroatoms. The van der Waals surface area contributed by atoms with E-state index in [9.17, 15) is 0 Å². The molecule has 0 N–H and O–H groups in total. The van der Waals surface area contributed by atoms with Crippen LogP contribution in [0.1, 0.15) is 6.42 Å². The summed E-state index contributed by atoms with van der Waals surface area (Å²) in [5.41, 5.74) is 7.96. The van der Waals surface area contributed by atoms with E-state index in [1.54, 1.807) is 12.5 Å². The highest BCUT2D eigenvalue weighted by atomic mass is 15.1. The van der Waals surface area contributed by atoms with Crippen LogP contribution in [0.3, 0.4) is 0 Å². The van der Waals surface area contributed by atoms with Crippen molar-refractivity contribution in [3.8, 4) is 0 Å². The largest absolute Gasteiger partial charge is 0.338 e. The van der Waals surface area contributed by atoms with Gasteiger partial charge >= 0.3 is 0 Å². The first-order valence-corrected chi connectivity index (χ1v) is 3.40. The third kappa shape index (κ3) is 2.73. The highest BCUT2D eigenvalue weighted by Gasteiger charge is 1.87. The maximum atomic E-state index is 7.96. The van der Waals surface area contributed by atoms with Crippen molar-refractivity contribution in [1.82, 2.24) is 9.55 Å². The van der Waals surface area contributed by atoms with E-state index in [-0.39, 0.29) is 0 Å². The van der Waals surface area contributed by atoms with Crippen LogP contribution in [0.25, 0.3) is 10.4 Å². The molecule has 0 bridgehead atoms. The first-order valence-electron chi connectivity index (χ1n) is 3.40. The van der Waals surface area contributed by atoms with Gasteiger partial charge in [-0.25, -0.2) is 4.98 Å². The van der Waals surface area contributed by atoms with E-state index in [1.165, 1.54) is 0 Å². The lowest BCUT2D eigenvalue weighted by Gasteiger charge is -1.96. The van der Waals surface area contributed by atoms with Gasteiger partial charge in [-0.15, -0.1) is 0 Å². The lowest BCUT2D eigenvalue weighted by Crippen LogP contribution is -1.95. The van der Waals surface area contributed by atoms with E-state index >= 15 is 0 Å². The second-order valence-corrected chi connectivity index (χ2v) is 2.11. The molecule has 1 aromatic heterocycles. The molecule has 1 rings (SSSR count). The fourth-order valence-corrected chi connectivity index (χ4v) is 0.788. The van der Waals surface area contributed by atoms with Crippen molar-refractivity contribution in [2.45, 2.75) is 13.0 Å². The number of azide groups is 1. The fourth-order valence-electron chi connectivity index (χ4n) is 0.788. The first kappa shape index (κ1) is 7.63. The number of hydrogen-bond donors (Lipinski definition) is 0. The number of imidazole rings is 1. The third-order valence-electron chi connectivity index (χ3n) is 1.30. The molecule has 0 aliphatic heterocycles. The molecule has 0 saturated carbocycles. The topological polar surface area (TPSA) is 66.6 Å². The Hall–Kier alpha value is -1.48. The van der Waals surface area contributed by atoms with E-state index in [4.69, 9.17) is 5.53 Å². The second-order valence-electron chi connectivity index (χ2n) is 2.11. The zero-order chi connectivity index (χ0) is 7.94. The van der Waals surface area contributed by atoms with Crippen LogP contribution in [-0.2, 0) is 6.54 Å². The highest BCUT2D eigenvalue weighted by molar-refractivity contribution is 4.73. The van der Waals surface area contributed by atoms with Gasteiger partial charge in [0.05, 0.1) is 6.33 Å². The van der Waals surface area contributed by atoms with Gasteiger partial charge in [0, 0.05) is 30.4 Å². The van der Waals surface area contributed by atoms with Crippen molar-refractivity contribution in [2.24, 2.45) is 5.11 Å². The summed E-state index contributed by atoms with van der Waals surface area (Å²) in [6.45, 7) is 1.41. The Morgan fingerprint density at radius 3 is 3.18 bits per heavy atom. The van der Waals surface area contributed by atoms with Gasteiger partial charge in [0.2, 0.25) is 0 Å². The molecule has 1 heterocycles. The summed E-state index contributed by atoms with van der Waals surface area (Å²) in [6, 6.07) is 0. The van der Waals surface area contributed by atoms with Gasteiger partial charge in [0.15, 0.2) is 0 Å². The maximum Gasteiger partial charge on any atom is 0.0945 e. The molecular formula is C6H9N5. The number of rotatable bonds is 4. The van der Waals surface area contributed by atoms with Gasteiger partial charge in [0.25, 0.3) is 0 Å². The summed E-state index contributed by atoms with van der Waals surface area (Å²) in [5.74, 6) is 0. The van der Waals surface area contributed by atoms with Crippen LogP contribution in [0, 0.1) is 0 Å². The molecule has 0 aliphatic rings. The molecule has 0 aromatic carbocycles. The molecule has 0 spiro atoms. The second kappa shape index (κ2) is 4.35. The molecule has 0 aliphatic carbocycles. The smallest absolute Gasteiger partial charge is 0.0945 e. The van der Waals surface area contributed by atoms with Gasteiger partial charge in [-0.3, -0.25) is 0 Å². The van der Waals surface area contributed by atoms with Crippen LogP contribution in [0.5, 0.6) is 0 Å². The number of hydrogen-bond acceptors (Lipinski definition) is 2. The maximum absolute atomic E-state index is 7.96. The van der Waals surface area contributed by atoms with Crippen LogP contribution in [0.4, 0.5) is 0 Å². The predicted molar refractivity (Wildman–Crippen MR) is 40.9 cm³/mol. The minimum absolute atomic E-state index is 0.550. The average Bonchev–Trinajstić information content (AvgIpc) is 2.50. The normalized spacial score (nSPS) is 9.09. The minimum atomic E-state index is 0.550. The van der Waals surface area contributed by atoms with Crippen LogP contribution in [-0.4, -0.2) is 16.1 Å². The summed E-state index contributed by atoms with van der Waals surface area (Å²) in [5, 5.41) is 3.42. The van der Waals surface area contributed by atoms with Gasteiger partial charge in [0.1, 0.15) is 0 Å². The van der Waals surface area contributed by atoms with Crippen molar-refractivity contribution in [2.75, 3.05) is 6.54 Å². The van der Waals surface area contributed by atoms with Crippen LogP contribution < -0.4 is 0 Å². The summed E-state index contributed by atoms with van der Waals surface area (Å²) in [4.78, 5) is 6.54. The Morgan fingerprint density at radius 1 is 1.64 bits per heavy atom. The molecule has 11 heavy (non-hydrogen) atoms. The van der Waals surface area contributed by atoms with Crippen molar-refractivity contribution in [1.29, 1.82) is 0 Å². The molecule has 0 amide bonds. The van der Waals surface area contributed by atoms with Crippen LogP contribution in [0.2, 0.25) is 0 Å². The van der Waals surface area contributed by atoms with Crippen LogP contribution in [0.15, 0.2) is 23.8 Å². The average molecular weight is 151 g/mol. The lowest BCUT2D eigenvalue weighted by atomic mass is 10.4. The Kier molecular flexibility index (Phi) is 3.02. The van der Waals surface area contributed by atoms with Crippen molar-refractivity contribution < 1.29 is 0 Å². The first-order chi connectivity index (χ1) is 5.43. The van der Waals surface area contributed by atoms with E-state index in [1.807, 2.05) is 10.8 Å². The van der Waals surface area contributed by atoms with Gasteiger partial charge < -0.3 is 4.57 Å². The molecule has 0 radical (unpaired) electrons. The Labute approximate surface area is 64.3 Å². The van der Waals surface area contributed by atoms with Crippen molar-refractivity contribution in [3.63, 3.8) is 0 Å². The molecule has 0 atom stereocenters. The lowest BCUT2D eigenvalue weighted by molar-refractivity contribution is 0.649. The van der Waals surface area contributed by atoms with Crippen LogP contribution >= 0.6 is 0 Å². The fraction of sp³-hybridized carbons (Fsp3) is 0.500. The quantitative estimate of drug-likeness (QED) is 0.279. The molecule has 58 valence electrons. The van der Waals surface area contributed by atoms with E-state index in [0.29, 0.717) is 6.54 Å². The SMILES string of the molecule is [N-]=[N+]=NCCCn1ccnc1. The van der Waals surface area contributed by atoms with E-state index in [0.717, 1.165) is 13.0 Å². The van der Waals surface area contributed by atoms with Crippen molar-refractivity contribution in [3.05, 3.63) is 29.2 Å². The monoisotopic (exact) mass is 151 g/mol. The van der Waals surface area contributed by atoms with Gasteiger partial charge in [-0.2, -0.15) is 0 Å². The van der Waals surface area contributed by atoms with Crippen molar-refractivity contribution >= 4 is 0 Å². The molecule has 5 nitrogen and oxygen atoms in total. The Bertz CT molecular complexity index is 233. The molecule has 0 fully saturated rings. The highest BCUT2D eigenvalue weighted by Crippen LogP contribution is 1.90. The molecule has 0 saturated heterocycles. The molecule has 1 aromatic rings. The van der Waals surface area contributed by atoms with Gasteiger partial charge in [-0.1, -0.05) is 5.11 Å². The molecular weight excluding hydrogens is 142 g/mol. The summed E-state index contributed by atoms with van der Waals surface area (Å²) in [7, 11) is 0. The van der Waals surface area contributed by atoms with E-state index in [2.05, 4.69) is 15.0 Å². The summed E-state index contributed by atoms with van der Waals surface area (Å²) in [6.07, 6.45) is 6.22.